The summed E-state index contributed by atoms with van der Waals surface area (Å²) in [6, 6.07) is 16.4. The summed E-state index contributed by atoms with van der Waals surface area (Å²) in [4.78, 5) is 20.0. The highest BCUT2D eigenvalue weighted by Crippen LogP contribution is 2.42. The lowest BCUT2D eigenvalue weighted by Gasteiger charge is -2.37. The molecule has 6 heteroatoms. The number of thiophene rings is 1. The third-order valence-electron chi connectivity index (χ3n) is 6.29. The van der Waals surface area contributed by atoms with Gasteiger partial charge in [0.2, 0.25) is 5.91 Å². The average Bonchev–Trinajstić information content (AvgIpc) is 3.51. The Balaban J connectivity index is 1.45. The van der Waals surface area contributed by atoms with Crippen molar-refractivity contribution in [3.63, 3.8) is 0 Å². The first-order chi connectivity index (χ1) is 15.7. The Morgan fingerprint density at radius 2 is 1.94 bits per heavy atom. The van der Waals surface area contributed by atoms with Crippen LogP contribution < -0.4 is 9.47 Å². The van der Waals surface area contributed by atoms with Crippen LogP contribution in [0.25, 0.3) is 10.9 Å². The molecule has 1 N–H and O–H groups in total. The third-order valence-corrected chi connectivity index (χ3v) is 7.21. The molecule has 1 atom stereocenters. The van der Waals surface area contributed by atoms with E-state index in [0.717, 1.165) is 29.7 Å². The van der Waals surface area contributed by atoms with Crippen LogP contribution in [0.2, 0.25) is 0 Å². The molecule has 0 bridgehead atoms. The summed E-state index contributed by atoms with van der Waals surface area (Å²) in [6.07, 6.45) is 4.02. The molecule has 164 valence electrons. The van der Waals surface area contributed by atoms with E-state index in [-0.39, 0.29) is 11.9 Å². The maximum absolute atomic E-state index is 13.5. The Labute approximate surface area is 191 Å². The molecule has 0 saturated carbocycles. The van der Waals surface area contributed by atoms with Gasteiger partial charge in [-0.2, -0.15) is 0 Å². The molecule has 1 aliphatic rings. The molecule has 2 aromatic carbocycles. The highest BCUT2D eigenvalue weighted by atomic mass is 32.1. The number of hydrogen-bond donors (Lipinski definition) is 1. The molecular weight excluding hydrogens is 420 g/mol. The second kappa shape index (κ2) is 8.71. The van der Waals surface area contributed by atoms with Gasteiger partial charge in [-0.3, -0.25) is 4.79 Å². The molecule has 0 fully saturated rings. The number of nitrogens with zero attached hydrogens (tertiary/aromatic N) is 1. The first kappa shape index (κ1) is 20.6. The summed E-state index contributed by atoms with van der Waals surface area (Å²) in [7, 11) is 3.31. The lowest BCUT2D eigenvalue weighted by molar-refractivity contribution is -0.133. The van der Waals surface area contributed by atoms with Crippen molar-refractivity contribution in [2.45, 2.75) is 25.3 Å². The quantitative estimate of drug-likeness (QED) is 0.434. The number of methoxy groups -OCH3 is 2. The Bertz CT molecular complexity index is 1250. The van der Waals surface area contributed by atoms with Gasteiger partial charge >= 0.3 is 0 Å². The van der Waals surface area contributed by atoms with Crippen molar-refractivity contribution in [2.75, 3.05) is 20.8 Å². The normalized spacial score (nSPS) is 15.6. The zero-order valence-electron chi connectivity index (χ0n) is 18.3. The van der Waals surface area contributed by atoms with Gasteiger partial charge in [-0.1, -0.05) is 24.3 Å². The number of hydrogen-bond acceptors (Lipinski definition) is 4. The summed E-state index contributed by atoms with van der Waals surface area (Å²) in [6.45, 7) is 0.692. The van der Waals surface area contributed by atoms with Crippen LogP contribution >= 0.6 is 11.3 Å². The van der Waals surface area contributed by atoms with E-state index in [9.17, 15) is 4.79 Å². The Hall–Kier alpha value is -3.25. The van der Waals surface area contributed by atoms with E-state index in [1.165, 1.54) is 21.4 Å². The number of ether oxygens (including phenoxy) is 2. The van der Waals surface area contributed by atoms with Gasteiger partial charge in [0.05, 0.1) is 20.3 Å². The van der Waals surface area contributed by atoms with Crippen LogP contribution in [-0.2, 0) is 17.6 Å². The number of aryl methyl sites for hydroxylation is 1. The Kier molecular flexibility index (Phi) is 5.62. The van der Waals surface area contributed by atoms with Crippen molar-refractivity contribution in [3.8, 4) is 11.5 Å². The summed E-state index contributed by atoms with van der Waals surface area (Å²) in [5.41, 5.74) is 4.63. The Morgan fingerprint density at radius 1 is 1.12 bits per heavy atom. The van der Waals surface area contributed by atoms with Crippen LogP contribution in [0.4, 0.5) is 0 Å². The van der Waals surface area contributed by atoms with Gasteiger partial charge in [0.1, 0.15) is 0 Å². The highest BCUT2D eigenvalue weighted by molar-refractivity contribution is 7.10. The number of rotatable bonds is 6. The zero-order chi connectivity index (χ0) is 22.1. The van der Waals surface area contributed by atoms with Gasteiger partial charge in [0.15, 0.2) is 11.5 Å². The van der Waals surface area contributed by atoms with Crippen LogP contribution in [0, 0.1) is 0 Å². The lowest BCUT2D eigenvalue weighted by atomic mass is 9.90. The standard InChI is InChI=1S/C26H26N2O3S/c1-30-22-14-17-11-12-28(26(24-8-5-13-32-24)20(17)15-23(22)31-2)25(29)10-9-18-16-27-21-7-4-3-6-19(18)21/h3-8,13-16,26-27H,9-12H2,1-2H3. The number of aromatic amines is 1. The molecule has 0 saturated heterocycles. The van der Waals surface area contributed by atoms with Gasteiger partial charge in [0.25, 0.3) is 0 Å². The number of fused-ring (bicyclic) bond motifs is 2. The SMILES string of the molecule is COc1cc2c(cc1OC)C(c1cccs1)N(C(=O)CCc1c[nH]c3ccccc13)CC2. The maximum atomic E-state index is 13.5. The van der Waals surface area contributed by atoms with E-state index >= 15 is 0 Å². The molecule has 5 rings (SSSR count). The van der Waals surface area contributed by atoms with Gasteiger partial charge in [-0.15, -0.1) is 11.3 Å². The van der Waals surface area contributed by atoms with Crippen LogP contribution in [-0.4, -0.2) is 36.6 Å². The van der Waals surface area contributed by atoms with Crippen LogP contribution in [0.5, 0.6) is 11.5 Å². The van der Waals surface area contributed by atoms with Crippen LogP contribution in [0.15, 0.2) is 60.1 Å². The van der Waals surface area contributed by atoms with Gasteiger partial charge in [-0.05, 0) is 59.2 Å². The molecule has 1 amide bonds. The number of carbonyl (C=O) groups excluding carboxylic acids is 1. The molecule has 4 aromatic rings. The van der Waals surface area contributed by atoms with Crippen LogP contribution in [0.1, 0.15) is 34.0 Å². The predicted octanol–water partition coefficient (Wildman–Crippen LogP) is 5.35. The van der Waals surface area contributed by atoms with E-state index in [4.69, 9.17) is 9.47 Å². The third kappa shape index (κ3) is 3.65. The van der Waals surface area contributed by atoms with Crippen molar-refractivity contribution >= 4 is 28.1 Å². The summed E-state index contributed by atoms with van der Waals surface area (Å²) in [5, 5.41) is 3.26. The van der Waals surface area contributed by atoms with Crippen molar-refractivity contribution in [1.29, 1.82) is 0 Å². The first-order valence-corrected chi connectivity index (χ1v) is 11.7. The van der Waals surface area contributed by atoms with Crippen LogP contribution in [0.3, 0.4) is 0 Å². The smallest absolute Gasteiger partial charge is 0.223 e. The first-order valence-electron chi connectivity index (χ1n) is 10.8. The van der Waals surface area contributed by atoms with E-state index in [1.54, 1.807) is 25.6 Å². The number of nitrogens with one attached hydrogen (secondary N) is 1. The molecule has 1 aliphatic heterocycles. The number of para-hydroxylation sites is 1. The number of amides is 1. The van der Waals surface area contributed by atoms with E-state index in [2.05, 4.69) is 34.6 Å². The predicted molar refractivity (Wildman–Crippen MR) is 128 cm³/mol. The second-order valence-electron chi connectivity index (χ2n) is 8.02. The largest absolute Gasteiger partial charge is 0.493 e. The summed E-state index contributed by atoms with van der Waals surface area (Å²) >= 11 is 1.68. The van der Waals surface area contributed by atoms with Crippen molar-refractivity contribution in [2.24, 2.45) is 0 Å². The topological polar surface area (TPSA) is 54.6 Å². The molecular formula is C26H26N2O3S. The molecule has 3 heterocycles. The summed E-state index contributed by atoms with van der Waals surface area (Å²) < 4.78 is 11.1. The number of benzene rings is 2. The summed E-state index contributed by atoms with van der Waals surface area (Å²) in [5.74, 6) is 1.60. The highest BCUT2D eigenvalue weighted by Gasteiger charge is 2.33. The second-order valence-corrected chi connectivity index (χ2v) is 9.00. The van der Waals surface area contributed by atoms with Crippen molar-refractivity contribution in [3.05, 3.63) is 81.7 Å². The molecule has 0 spiro atoms. The van der Waals surface area contributed by atoms with Gasteiger partial charge in [0, 0.05) is 34.9 Å². The number of aromatic nitrogens is 1. The minimum atomic E-state index is -0.103. The minimum Gasteiger partial charge on any atom is -0.493 e. The van der Waals surface area contributed by atoms with E-state index in [0.29, 0.717) is 18.7 Å². The van der Waals surface area contributed by atoms with E-state index < -0.39 is 0 Å². The maximum Gasteiger partial charge on any atom is 0.223 e. The molecule has 32 heavy (non-hydrogen) atoms. The molecule has 2 aromatic heterocycles. The lowest BCUT2D eigenvalue weighted by Crippen LogP contribution is -2.40. The Morgan fingerprint density at radius 3 is 2.72 bits per heavy atom. The fourth-order valence-corrected chi connectivity index (χ4v) is 5.55. The van der Waals surface area contributed by atoms with Crippen molar-refractivity contribution in [1.82, 2.24) is 9.88 Å². The minimum absolute atomic E-state index is 0.103. The monoisotopic (exact) mass is 446 g/mol. The fraction of sp³-hybridized carbons (Fsp3) is 0.269. The fourth-order valence-electron chi connectivity index (χ4n) is 4.69. The molecule has 5 nitrogen and oxygen atoms in total. The zero-order valence-corrected chi connectivity index (χ0v) is 19.1. The van der Waals surface area contributed by atoms with Crippen molar-refractivity contribution < 1.29 is 14.3 Å². The molecule has 1 unspecified atom stereocenters. The average molecular weight is 447 g/mol. The molecule has 0 radical (unpaired) electrons. The number of H-pyrrole nitrogens is 1. The van der Waals surface area contributed by atoms with Gasteiger partial charge < -0.3 is 19.4 Å². The van der Waals surface area contributed by atoms with Gasteiger partial charge in [-0.25, -0.2) is 0 Å². The number of carbonyl (C=O) groups is 1. The van der Waals surface area contributed by atoms with E-state index in [1.807, 2.05) is 35.4 Å². The molecule has 0 aliphatic carbocycles.